The number of H-pyrrole nitrogens is 1. The number of nitrogens with zero attached hydrogens (tertiary/aromatic N) is 1. The van der Waals surface area contributed by atoms with Gasteiger partial charge in [0.2, 0.25) is 0 Å². The molecule has 0 bridgehead atoms. The summed E-state index contributed by atoms with van der Waals surface area (Å²) < 4.78 is 0. The molecule has 0 spiro atoms. The molecule has 1 aromatic carbocycles. The Morgan fingerprint density at radius 3 is 2.58 bits per heavy atom. The number of nitrogen functional groups attached to an aromatic ring is 1. The molecule has 5 N–H and O–H groups in total. The minimum atomic E-state index is -0.236. The van der Waals surface area contributed by atoms with Crippen LogP contribution in [0.25, 0.3) is 10.9 Å². The van der Waals surface area contributed by atoms with Crippen LogP contribution in [-0.2, 0) is 0 Å². The molecule has 6 nitrogen and oxygen atoms in total. The van der Waals surface area contributed by atoms with Crippen LogP contribution in [0.15, 0.2) is 24.4 Å². The summed E-state index contributed by atoms with van der Waals surface area (Å²) >= 11 is 0. The number of hydrogen-bond acceptors (Lipinski definition) is 4. The van der Waals surface area contributed by atoms with Gasteiger partial charge in [-0.05, 0) is 18.2 Å². The Hall–Kier alpha value is -2.05. The fourth-order valence-electron chi connectivity index (χ4n) is 2.04. The van der Waals surface area contributed by atoms with E-state index in [4.69, 9.17) is 15.9 Å². The van der Waals surface area contributed by atoms with E-state index in [1.807, 2.05) is 6.07 Å². The normalized spacial score (nSPS) is 10.8. The number of nitrogens with one attached hydrogen (secondary N) is 1. The summed E-state index contributed by atoms with van der Waals surface area (Å²) in [4.78, 5) is 16.8. The van der Waals surface area contributed by atoms with Gasteiger partial charge in [-0.15, -0.1) is 0 Å². The van der Waals surface area contributed by atoms with Crippen molar-refractivity contribution in [1.82, 2.24) is 9.88 Å². The molecule has 0 saturated carbocycles. The molecule has 0 aliphatic carbocycles. The molecule has 19 heavy (non-hydrogen) atoms. The molecule has 0 radical (unpaired) electrons. The van der Waals surface area contributed by atoms with Gasteiger partial charge in [0.1, 0.15) is 0 Å². The molecule has 2 rings (SSSR count). The molecule has 0 fully saturated rings. The standard InChI is InChI=1S/C13H17N3O3/c14-9-1-2-12-10(7-9)11(8-15-12)13(19)16(3-5-17)4-6-18/h1-2,7-8,15,17-18H,3-6,14H2. The number of aliphatic hydroxyl groups is 2. The number of amides is 1. The van der Waals surface area contributed by atoms with Crippen molar-refractivity contribution in [1.29, 1.82) is 0 Å². The van der Waals surface area contributed by atoms with Gasteiger partial charge in [0.05, 0.1) is 18.8 Å². The first-order chi connectivity index (χ1) is 9.17. The highest BCUT2D eigenvalue weighted by molar-refractivity contribution is 6.07. The van der Waals surface area contributed by atoms with Crippen molar-refractivity contribution in [2.45, 2.75) is 0 Å². The van der Waals surface area contributed by atoms with Crippen LogP contribution in [0, 0.1) is 0 Å². The summed E-state index contributed by atoms with van der Waals surface area (Å²) in [5, 5.41) is 18.7. The maximum absolute atomic E-state index is 12.4. The second kappa shape index (κ2) is 5.73. The third kappa shape index (κ3) is 2.69. The van der Waals surface area contributed by atoms with Crippen molar-refractivity contribution in [3.63, 3.8) is 0 Å². The van der Waals surface area contributed by atoms with E-state index in [-0.39, 0.29) is 32.2 Å². The van der Waals surface area contributed by atoms with Crippen molar-refractivity contribution in [2.24, 2.45) is 0 Å². The Morgan fingerprint density at radius 1 is 1.26 bits per heavy atom. The molecule has 0 aliphatic rings. The smallest absolute Gasteiger partial charge is 0.256 e. The van der Waals surface area contributed by atoms with E-state index in [1.54, 1.807) is 18.3 Å². The predicted octanol–water partition coefficient (Wildman–Crippen LogP) is 0.177. The minimum absolute atomic E-state index is 0.143. The number of aliphatic hydroxyl groups excluding tert-OH is 2. The van der Waals surface area contributed by atoms with Gasteiger partial charge in [-0.25, -0.2) is 0 Å². The topological polar surface area (TPSA) is 103 Å². The Bertz CT molecular complexity index is 574. The Balaban J connectivity index is 2.36. The van der Waals surface area contributed by atoms with Gasteiger partial charge >= 0.3 is 0 Å². The van der Waals surface area contributed by atoms with Gasteiger partial charge in [-0.3, -0.25) is 4.79 Å². The van der Waals surface area contributed by atoms with Crippen molar-refractivity contribution in [3.05, 3.63) is 30.0 Å². The van der Waals surface area contributed by atoms with E-state index in [0.29, 0.717) is 11.3 Å². The van der Waals surface area contributed by atoms with Gasteiger partial charge in [-0.1, -0.05) is 0 Å². The predicted molar refractivity (Wildman–Crippen MR) is 72.8 cm³/mol. The Kier molecular flexibility index (Phi) is 4.03. The number of fused-ring (bicyclic) bond motifs is 1. The lowest BCUT2D eigenvalue weighted by molar-refractivity contribution is 0.0687. The van der Waals surface area contributed by atoms with Crippen LogP contribution < -0.4 is 5.73 Å². The van der Waals surface area contributed by atoms with Crippen LogP contribution in [-0.4, -0.2) is 52.3 Å². The summed E-state index contributed by atoms with van der Waals surface area (Å²) in [7, 11) is 0. The van der Waals surface area contributed by atoms with Crippen LogP contribution in [0.4, 0.5) is 5.69 Å². The molecule has 0 aliphatic heterocycles. The zero-order valence-corrected chi connectivity index (χ0v) is 10.5. The Labute approximate surface area is 110 Å². The highest BCUT2D eigenvalue weighted by Crippen LogP contribution is 2.22. The van der Waals surface area contributed by atoms with Crippen LogP contribution in [0.1, 0.15) is 10.4 Å². The maximum Gasteiger partial charge on any atom is 0.256 e. The van der Waals surface area contributed by atoms with Crippen LogP contribution in [0.5, 0.6) is 0 Å². The molecule has 1 aromatic heterocycles. The number of aromatic nitrogens is 1. The second-order valence-corrected chi connectivity index (χ2v) is 4.25. The van der Waals surface area contributed by atoms with Gasteiger partial charge in [0.15, 0.2) is 0 Å². The summed E-state index contributed by atoms with van der Waals surface area (Å²) in [5.41, 5.74) is 7.62. The monoisotopic (exact) mass is 263 g/mol. The first-order valence-corrected chi connectivity index (χ1v) is 6.05. The molecular weight excluding hydrogens is 246 g/mol. The average Bonchev–Trinajstić information content (AvgIpc) is 2.80. The zero-order valence-electron chi connectivity index (χ0n) is 10.5. The summed E-state index contributed by atoms with van der Waals surface area (Å²) in [6, 6.07) is 5.30. The molecule has 1 amide bonds. The van der Waals surface area contributed by atoms with E-state index < -0.39 is 0 Å². The first kappa shape index (κ1) is 13.4. The number of aromatic amines is 1. The molecule has 6 heteroatoms. The fraction of sp³-hybridized carbons (Fsp3) is 0.308. The van der Waals surface area contributed by atoms with Crippen molar-refractivity contribution >= 4 is 22.5 Å². The summed E-state index contributed by atoms with van der Waals surface area (Å²) in [5.74, 6) is -0.236. The van der Waals surface area contributed by atoms with Crippen LogP contribution in [0.3, 0.4) is 0 Å². The SMILES string of the molecule is Nc1ccc2[nH]cc(C(=O)N(CCO)CCO)c2c1. The molecule has 0 atom stereocenters. The molecule has 2 aromatic rings. The number of carbonyl (C=O) groups excluding carboxylic acids is 1. The third-order valence-electron chi connectivity index (χ3n) is 2.96. The third-order valence-corrected chi connectivity index (χ3v) is 2.96. The summed E-state index contributed by atoms with van der Waals surface area (Å²) in [6.07, 6.45) is 1.62. The lowest BCUT2D eigenvalue weighted by Crippen LogP contribution is -2.35. The summed E-state index contributed by atoms with van der Waals surface area (Å²) in [6.45, 7) is 0.0925. The molecule has 102 valence electrons. The van der Waals surface area contributed by atoms with E-state index >= 15 is 0 Å². The van der Waals surface area contributed by atoms with E-state index in [0.717, 1.165) is 10.9 Å². The lowest BCUT2D eigenvalue weighted by atomic mass is 10.1. The van der Waals surface area contributed by atoms with Gasteiger partial charge in [0, 0.05) is 35.9 Å². The number of nitrogens with two attached hydrogens (primary N) is 1. The van der Waals surface area contributed by atoms with Gasteiger partial charge in [-0.2, -0.15) is 0 Å². The molecule has 1 heterocycles. The zero-order chi connectivity index (χ0) is 13.8. The quantitative estimate of drug-likeness (QED) is 0.578. The molecule has 0 saturated heterocycles. The van der Waals surface area contributed by atoms with Crippen LogP contribution in [0.2, 0.25) is 0 Å². The number of benzene rings is 1. The average molecular weight is 263 g/mol. The van der Waals surface area contributed by atoms with Crippen molar-refractivity contribution in [2.75, 3.05) is 32.0 Å². The lowest BCUT2D eigenvalue weighted by Gasteiger charge is -2.20. The number of carbonyl (C=O) groups is 1. The highest BCUT2D eigenvalue weighted by Gasteiger charge is 2.18. The van der Waals surface area contributed by atoms with E-state index in [9.17, 15) is 4.79 Å². The first-order valence-electron chi connectivity index (χ1n) is 6.05. The van der Waals surface area contributed by atoms with Crippen molar-refractivity contribution < 1.29 is 15.0 Å². The number of anilines is 1. The van der Waals surface area contributed by atoms with Gasteiger partial charge < -0.3 is 25.8 Å². The highest BCUT2D eigenvalue weighted by atomic mass is 16.3. The molecular formula is C13H17N3O3. The molecule has 0 unspecified atom stereocenters. The van der Waals surface area contributed by atoms with Crippen LogP contribution >= 0.6 is 0 Å². The second-order valence-electron chi connectivity index (χ2n) is 4.25. The largest absolute Gasteiger partial charge is 0.399 e. The van der Waals surface area contributed by atoms with E-state index in [2.05, 4.69) is 4.98 Å². The Morgan fingerprint density at radius 2 is 1.95 bits per heavy atom. The fourth-order valence-corrected chi connectivity index (χ4v) is 2.04. The number of hydrogen-bond donors (Lipinski definition) is 4. The van der Waals surface area contributed by atoms with E-state index in [1.165, 1.54) is 4.90 Å². The van der Waals surface area contributed by atoms with Crippen molar-refractivity contribution in [3.8, 4) is 0 Å². The van der Waals surface area contributed by atoms with Gasteiger partial charge in [0.25, 0.3) is 5.91 Å². The minimum Gasteiger partial charge on any atom is -0.399 e. The number of rotatable bonds is 5. The maximum atomic E-state index is 12.4.